The number of fused-ring (bicyclic) bond motifs is 4. The zero-order chi connectivity index (χ0) is 20.4. The molecule has 3 fully saturated rings. The number of carbonyl (C=O) groups excluding carboxylic acids is 1. The van der Waals surface area contributed by atoms with Gasteiger partial charge in [0.2, 0.25) is 0 Å². The predicted molar refractivity (Wildman–Crippen MR) is 121 cm³/mol. The number of benzene rings is 1. The Kier molecular flexibility index (Phi) is 4.19. The second kappa shape index (κ2) is 6.83. The molecule has 3 atom stereocenters. The van der Waals surface area contributed by atoms with Crippen molar-refractivity contribution < 1.29 is 9.53 Å². The highest BCUT2D eigenvalue weighted by Crippen LogP contribution is 2.37. The number of ether oxygens (including phenoxy) is 1. The van der Waals surface area contributed by atoms with E-state index < -0.39 is 0 Å². The number of hydrogen-bond donors (Lipinski definition) is 3. The van der Waals surface area contributed by atoms with E-state index in [4.69, 9.17) is 10.5 Å². The lowest BCUT2D eigenvalue weighted by molar-refractivity contribution is 0.0920. The van der Waals surface area contributed by atoms with Crippen LogP contribution < -0.4 is 26.0 Å². The van der Waals surface area contributed by atoms with Crippen molar-refractivity contribution in [3.8, 4) is 5.75 Å². The fourth-order valence-electron chi connectivity index (χ4n) is 4.70. The summed E-state index contributed by atoms with van der Waals surface area (Å²) in [7, 11) is 0. The van der Waals surface area contributed by atoms with Crippen LogP contribution in [0.25, 0.3) is 9.53 Å². The van der Waals surface area contributed by atoms with Crippen LogP contribution in [-0.2, 0) is 6.42 Å². The summed E-state index contributed by atoms with van der Waals surface area (Å²) in [5.74, 6) is 0.787. The second-order valence-electron chi connectivity index (χ2n) is 8.39. The van der Waals surface area contributed by atoms with E-state index in [2.05, 4.69) is 38.7 Å². The third-order valence-electron chi connectivity index (χ3n) is 6.18. The van der Waals surface area contributed by atoms with Gasteiger partial charge in [0.15, 0.2) is 0 Å². The summed E-state index contributed by atoms with van der Waals surface area (Å²) in [6, 6.07) is 7.64. The smallest absolute Gasteiger partial charge is 0.263 e. The van der Waals surface area contributed by atoms with Crippen molar-refractivity contribution in [3.63, 3.8) is 0 Å². The van der Waals surface area contributed by atoms with E-state index in [1.165, 1.54) is 34.8 Å². The number of aryl methyl sites for hydroxylation is 1. The first-order valence-corrected chi connectivity index (χ1v) is 11.9. The molecular weight excluding hydrogens is 418 g/mol. The van der Waals surface area contributed by atoms with E-state index in [1.807, 2.05) is 6.92 Å². The van der Waals surface area contributed by atoms with Gasteiger partial charge in [-0.1, -0.05) is 6.07 Å². The molecule has 2 bridgehead atoms. The summed E-state index contributed by atoms with van der Waals surface area (Å²) in [5, 5.41) is 7.63. The number of amides is 1. The fourth-order valence-corrected chi connectivity index (χ4v) is 6.79. The van der Waals surface area contributed by atoms with Gasteiger partial charge < -0.3 is 26.0 Å². The van der Waals surface area contributed by atoms with Crippen LogP contribution in [0.5, 0.6) is 5.75 Å². The van der Waals surface area contributed by atoms with Gasteiger partial charge >= 0.3 is 0 Å². The number of nitrogens with two attached hydrogens (primary N) is 1. The molecule has 3 aromatic rings. The summed E-state index contributed by atoms with van der Waals surface area (Å²) >= 11 is 2.89. The van der Waals surface area contributed by atoms with Crippen LogP contribution in [0.4, 0.5) is 11.4 Å². The van der Waals surface area contributed by atoms with Crippen LogP contribution >= 0.6 is 22.7 Å². The van der Waals surface area contributed by atoms with Crippen molar-refractivity contribution in [2.75, 3.05) is 30.3 Å². The van der Waals surface area contributed by atoms with Gasteiger partial charge in [0.25, 0.3) is 5.91 Å². The van der Waals surface area contributed by atoms with E-state index in [-0.39, 0.29) is 11.9 Å². The molecule has 1 amide bonds. The molecule has 0 spiro atoms. The number of aromatic nitrogens is 1. The van der Waals surface area contributed by atoms with Crippen LogP contribution in [0.3, 0.4) is 0 Å². The highest BCUT2D eigenvalue weighted by molar-refractivity contribution is 7.29. The molecule has 4 N–H and O–H groups in total. The maximum Gasteiger partial charge on any atom is 0.263 e. The minimum atomic E-state index is -0.144. The third-order valence-corrected chi connectivity index (χ3v) is 8.41. The van der Waals surface area contributed by atoms with Crippen molar-refractivity contribution >= 4 is 49.5 Å². The van der Waals surface area contributed by atoms with Crippen LogP contribution in [-0.4, -0.2) is 48.7 Å². The number of thiazole rings is 1. The van der Waals surface area contributed by atoms with E-state index in [0.717, 1.165) is 45.4 Å². The molecule has 4 aliphatic heterocycles. The monoisotopic (exact) mass is 441 g/mol. The number of piperazine rings is 1. The standard InChI is InChI=1S/C21H23N5O2S2/c1-10-23-21-19(29-10)17(22)18(30-21)20(27)25-14-4-11-2-3-15(6-16(11)28-9-14)26-7-12-5-13(8-26)24-12/h2-3,6,12-14,24H,4-5,7-9,22H2,1H3,(H,25,27)/t12?,13?,14-/m1/s1. The molecule has 4 aliphatic rings. The molecule has 0 radical (unpaired) electrons. The number of nitrogens with one attached hydrogen (secondary N) is 2. The molecule has 9 heteroatoms. The van der Waals surface area contributed by atoms with Gasteiger partial charge in [0.1, 0.15) is 22.1 Å². The number of nitrogens with zero attached hydrogens (tertiary/aromatic N) is 2. The summed E-state index contributed by atoms with van der Waals surface area (Å²) in [6.07, 6.45) is 2.05. The lowest BCUT2D eigenvalue weighted by atomic mass is 9.91. The minimum absolute atomic E-state index is 0.0723. The normalized spacial score (nSPS) is 24.8. The number of rotatable bonds is 3. The maximum atomic E-state index is 12.8. The Bertz CT molecular complexity index is 1140. The molecule has 156 valence electrons. The van der Waals surface area contributed by atoms with Crippen molar-refractivity contribution in [2.45, 2.75) is 37.9 Å². The van der Waals surface area contributed by atoms with Gasteiger partial charge in [-0.25, -0.2) is 4.98 Å². The number of piperidine rings is 1. The Morgan fingerprint density at radius 3 is 2.90 bits per heavy atom. The molecule has 1 aromatic carbocycles. The second-order valence-corrected chi connectivity index (χ2v) is 10.6. The van der Waals surface area contributed by atoms with E-state index >= 15 is 0 Å². The first-order chi connectivity index (χ1) is 14.5. The largest absolute Gasteiger partial charge is 0.491 e. The Labute approximate surface area is 182 Å². The molecule has 2 unspecified atom stereocenters. The van der Waals surface area contributed by atoms with Crippen molar-refractivity contribution in [1.29, 1.82) is 0 Å². The molecule has 30 heavy (non-hydrogen) atoms. The fraction of sp³-hybridized carbons (Fsp3) is 0.429. The molecular formula is C21H23N5O2S2. The Morgan fingerprint density at radius 2 is 2.13 bits per heavy atom. The van der Waals surface area contributed by atoms with Gasteiger partial charge in [-0.3, -0.25) is 4.79 Å². The Hall–Kier alpha value is -2.36. The number of carbonyl (C=O) groups is 1. The molecule has 7 nitrogen and oxygen atoms in total. The van der Waals surface area contributed by atoms with E-state index in [9.17, 15) is 4.79 Å². The van der Waals surface area contributed by atoms with Gasteiger partial charge in [0.05, 0.1) is 21.4 Å². The van der Waals surface area contributed by atoms with Gasteiger partial charge in [0, 0.05) is 36.9 Å². The summed E-state index contributed by atoms with van der Waals surface area (Å²) in [6.45, 7) is 4.53. The zero-order valence-electron chi connectivity index (χ0n) is 16.6. The summed E-state index contributed by atoms with van der Waals surface area (Å²) < 4.78 is 6.95. The zero-order valence-corrected chi connectivity index (χ0v) is 18.2. The van der Waals surface area contributed by atoms with Crippen LogP contribution in [0, 0.1) is 6.92 Å². The van der Waals surface area contributed by atoms with E-state index in [1.54, 1.807) is 0 Å². The molecule has 0 aliphatic carbocycles. The lowest BCUT2D eigenvalue weighted by Crippen LogP contribution is -2.67. The number of nitrogen functional groups attached to an aromatic ring is 1. The first kappa shape index (κ1) is 18.4. The highest BCUT2D eigenvalue weighted by Gasteiger charge is 2.36. The van der Waals surface area contributed by atoms with E-state index in [0.29, 0.717) is 29.3 Å². The van der Waals surface area contributed by atoms with Crippen molar-refractivity contribution in [1.82, 2.24) is 15.6 Å². The van der Waals surface area contributed by atoms with Crippen molar-refractivity contribution in [2.24, 2.45) is 0 Å². The van der Waals surface area contributed by atoms with Gasteiger partial charge in [-0.05, 0) is 31.4 Å². The van der Waals surface area contributed by atoms with Crippen LogP contribution in [0.1, 0.15) is 26.7 Å². The third kappa shape index (κ3) is 3.03. The van der Waals surface area contributed by atoms with Crippen LogP contribution in [0.15, 0.2) is 18.2 Å². The quantitative estimate of drug-likeness (QED) is 0.579. The summed E-state index contributed by atoms with van der Waals surface area (Å²) in [5.41, 5.74) is 9.11. The Morgan fingerprint density at radius 1 is 1.33 bits per heavy atom. The average Bonchev–Trinajstić information content (AvgIpc) is 3.24. The Balaban J connectivity index is 1.15. The number of hydrogen-bond acceptors (Lipinski definition) is 8. The summed E-state index contributed by atoms with van der Waals surface area (Å²) in [4.78, 5) is 21.1. The molecule has 6 heterocycles. The molecule has 3 saturated heterocycles. The molecule has 0 saturated carbocycles. The van der Waals surface area contributed by atoms with Gasteiger partial charge in [-0.15, -0.1) is 22.7 Å². The minimum Gasteiger partial charge on any atom is -0.491 e. The number of thiophene rings is 1. The van der Waals surface area contributed by atoms with Gasteiger partial charge in [-0.2, -0.15) is 0 Å². The predicted octanol–water partition coefficient (Wildman–Crippen LogP) is 2.53. The number of anilines is 2. The lowest BCUT2D eigenvalue weighted by Gasteiger charge is -2.49. The average molecular weight is 442 g/mol. The first-order valence-electron chi connectivity index (χ1n) is 10.3. The van der Waals surface area contributed by atoms with Crippen LogP contribution in [0.2, 0.25) is 0 Å². The SMILES string of the molecule is Cc1nc2sc(C(=O)N[C@H]3COc4cc(N5CC6CC(C5)N6)ccc4C3)c(N)c2s1. The maximum absolute atomic E-state index is 12.8. The molecule has 7 rings (SSSR count). The topological polar surface area (TPSA) is 92.5 Å². The van der Waals surface area contributed by atoms with Crippen molar-refractivity contribution in [3.05, 3.63) is 33.6 Å². The highest BCUT2D eigenvalue weighted by atomic mass is 32.1. The molecule has 2 aromatic heterocycles.